The summed E-state index contributed by atoms with van der Waals surface area (Å²) in [7, 11) is -1.74. The molecule has 0 bridgehead atoms. The first-order chi connectivity index (χ1) is 8.35. The largest absolute Gasteiger partial charge is 0.329 e. The van der Waals surface area contributed by atoms with Crippen molar-refractivity contribution in [1.82, 2.24) is 4.31 Å². The summed E-state index contributed by atoms with van der Waals surface area (Å²) in [4.78, 5) is 0. The minimum absolute atomic E-state index is 0.0138. The lowest BCUT2D eigenvalue weighted by molar-refractivity contribution is 0.240. The van der Waals surface area contributed by atoms with Gasteiger partial charge in [0.25, 0.3) is 0 Å². The molecule has 1 atom stereocenters. The first kappa shape index (κ1) is 15.1. The molecule has 18 heavy (non-hydrogen) atoms. The predicted molar refractivity (Wildman–Crippen MR) is 74.6 cm³/mol. The third-order valence-electron chi connectivity index (χ3n) is 3.57. The van der Waals surface area contributed by atoms with Crippen molar-refractivity contribution in [3.8, 4) is 0 Å². The van der Waals surface area contributed by atoms with Crippen molar-refractivity contribution in [2.24, 2.45) is 5.73 Å². The fourth-order valence-corrected chi connectivity index (χ4v) is 3.40. The maximum absolute atomic E-state index is 12.3. The minimum Gasteiger partial charge on any atom is -0.329 e. The quantitative estimate of drug-likeness (QED) is 0.853. The zero-order chi connectivity index (χ0) is 13.8. The van der Waals surface area contributed by atoms with Crippen molar-refractivity contribution in [1.29, 1.82) is 0 Å². The number of benzene rings is 1. The Morgan fingerprint density at radius 3 is 2.28 bits per heavy atom. The van der Waals surface area contributed by atoms with Crippen LogP contribution >= 0.6 is 0 Å². The molecule has 0 saturated heterocycles. The number of hydrogen-bond acceptors (Lipinski definition) is 3. The van der Waals surface area contributed by atoms with E-state index in [1.807, 2.05) is 44.2 Å². The van der Waals surface area contributed by atoms with Gasteiger partial charge in [-0.1, -0.05) is 37.3 Å². The third-order valence-corrected chi connectivity index (χ3v) is 5.54. The molecule has 0 fully saturated rings. The van der Waals surface area contributed by atoms with Gasteiger partial charge in [-0.2, -0.15) is 4.31 Å². The predicted octanol–water partition coefficient (Wildman–Crippen LogP) is 1.58. The van der Waals surface area contributed by atoms with Crippen molar-refractivity contribution < 1.29 is 8.42 Å². The second-order valence-electron chi connectivity index (χ2n) is 4.76. The average Bonchev–Trinajstić information content (AvgIpc) is 2.37. The highest BCUT2D eigenvalue weighted by Gasteiger charge is 2.34. The van der Waals surface area contributed by atoms with E-state index >= 15 is 0 Å². The van der Waals surface area contributed by atoms with Crippen LogP contribution in [0.25, 0.3) is 0 Å². The van der Waals surface area contributed by atoms with Gasteiger partial charge in [-0.3, -0.25) is 0 Å². The lowest BCUT2D eigenvalue weighted by atomic mass is 10.00. The van der Waals surface area contributed by atoms with Crippen LogP contribution in [0.3, 0.4) is 0 Å². The Hall–Kier alpha value is -0.910. The van der Waals surface area contributed by atoms with E-state index in [1.165, 1.54) is 4.31 Å². The summed E-state index contributed by atoms with van der Waals surface area (Å²) in [5.74, 6) is 0.0138. The van der Waals surface area contributed by atoms with Gasteiger partial charge >= 0.3 is 0 Å². The van der Waals surface area contributed by atoms with Gasteiger partial charge in [0.15, 0.2) is 0 Å². The highest BCUT2D eigenvalue weighted by atomic mass is 32.2. The van der Waals surface area contributed by atoms with Crippen molar-refractivity contribution in [3.05, 3.63) is 35.9 Å². The van der Waals surface area contributed by atoms with Crippen LogP contribution in [0.4, 0.5) is 0 Å². The molecule has 0 heterocycles. The standard InChI is InChI=1S/C13H22N2O2S/c1-4-13(2,11-14)15(3)18(16,17)10-12-8-6-5-7-9-12/h5-9H,4,10-11,14H2,1-3H3. The highest BCUT2D eigenvalue weighted by Crippen LogP contribution is 2.22. The molecule has 0 aliphatic rings. The van der Waals surface area contributed by atoms with Crippen LogP contribution in [0.15, 0.2) is 30.3 Å². The van der Waals surface area contributed by atoms with Gasteiger partial charge in [0, 0.05) is 19.1 Å². The number of hydrogen-bond donors (Lipinski definition) is 1. The van der Waals surface area contributed by atoms with E-state index in [0.29, 0.717) is 13.0 Å². The topological polar surface area (TPSA) is 63.4 Å². The molecule has 0 aliphatic heterocycles. The van der Waals surface area contributed by atoms with E-state index in [9.17, 15) is 8.42 Å². The molecule has 4 nitrogen and oxygen atoms in total. The summed E-state index contributed by atoms with van der Waals surface area (Å²) in [6, 6.07) is 9.18. The molecule has 0 aromatic heterocycles. The van der Waals surface area contributed by atoms with Crippen LogP contribution in [0.1, 0.15) is 25.8 Å². The van der Waals surface area contributed by atoms with Gasteiger partial charge in [0.05, 0.1) is 5.75 Å². The summed E-state index contributed by atoms with van der Waals surface area (Å²) in [5, 5.41) is 0. The summed E-state index contributed by atoms with van der Waals surface area (Å²) in [6.45, 7) is 4.13. The molecule has 0 amide bonds. The zero-order valence-electron chi connectivity index (χ0n) is 11.3. The van der Waals surface area contributed by atoms with Crippen LogP contribution < -0.4 is 5.73 Å². The van der Waals surface area contributed by atoms with Gasteiger partial charge in [-0.05, 0) is 18.9 Å². The Morgan fingerprint density at radius 1 is 1.28 bits per heavy atom. The van der Waals surface area contributed by atoms with Gasteiger partial charge in [-0.25, -0.2) is 8.42 Å². The van der Waals surface area contributed by atoms with Crippen molar-refractivity contribution >= 4 is 10.0 Å². The number of likely N-dealkylation sites (N-methyl/N-ethyl adjacent to an activating group) is 1. The Kier molecular flexibility index (Phi) is 4.90. The molecule has 0 aliphatic carbocycles. The molecule has 1 unspecified atom stereocenters. The summed E-state index contributed by atoms with van der Waals surface area (Å²) >= 11 is 0. The second-order valence-corrected chi connectivity index (χ2v) is 6.76. The van der Waals surface area contributed by atoms with E-state index in [2.05, 4.69) is 0 Å². The monoisotopic (exact) mass is 270 g/mol. The van der Waals surface area contributed by atoms with Crippen LogP contribution in [-0.2, 0) is 15.8 Å². The Morgan fingerprint density at radius 2 is 1.83 bits per heavy atom. The normalized spacial score (nSPS) is 15.6. The van der Waals surface area contributed by atoms with Crippen LogP contribution in [0, 0.1) is 0 Å². The molecule has 1 aromatic rings. The van der Waals surface area contributed by atoms with E-state index in [-0.39, 0.29) is 5.75 Å². The van der Waals surface area contributed by atoms with E-state index in [1.54, 1.807) is 7.05 Å². The van der Waals surface area contributed by atoms with Gasteiger partial charge in [-0.15, -0.1) is 0 Å². The van der Waals surface area contributed by atoms with Crippen LogP contribution in [0.2, 0.25) is 0 Å². The molecule has 0 spiro atoms. The van der Waals surface area contributed by atoms with Gasteiger partial charge in [0.1, 0.15) is 0 Å². The minimum atomic E-state index is -3.34. The molecule has 0 saturated carbocycles. The summed E-state index contributed by atoms with van der Waals surface area (Å²) < 4.78 is 26.1. The van der Waals surface area contributed by atoms with E-state index in [4.69, 9.17) is 5.73 Å². The smallest absolute Gasteiger partial charge is 0.218 e. The van der Waals surface area contributed by atoms with Gasteiger partial charge in [0.2, 0.25) is 10.0 Å². The maximum Gasteiger partial charge on any atom is 0.218 e. The van der Waals surface area contributed by atoms with Gasteiger partial charge < -0.3 is 5.73 Å². The number of nitrogens with two attached hydrogens (primary N) is 1. The number of rotatable bonds is 6. The van der Waals surface area contributed by atoms with E-state index in [0.717, 1.165) is 5.56 Å². The SMILES string of the molecule is CCC(C)(CN)N(C)S(=O)(=O)Cc1ccccc1. The zero-order valence-corrected chi connectivity index (χ0v) is 12.1. The van der Waals surface area contributed by atoms with Crippen molar-refractivity contribution in [2.45, 2.75) is 31.6 Å². The molecule has 2 N–H and O–H groups in total. The fraction of sp³-hybridized carbons (Fsp3) is 0.538. The van der Waals surface area contributed by atoms with Crippen LogP contribution in [-0.4, -0.2) is 31.9 Å². The fourth-order valence-electron chi connectivity index (χ4n) is 1.71. The Balaban J connectivity index is 2.94. The summed E-state index contributed by atoms with van der Waals surface area (Å²) in [6.07, 6.45) is 0.689. The Bertz CT molecular complexity index is 467. The van der Waals surface area contributed by atoms with Crippen molar-refractivity contribution in [2.75, 3.05) is 13.6 Å². The van der Waals surface area contributed by atoms with Crippen LogP contribution in [0.5, 0.6) is 0 Å². The molecule has 0 radical (unpaired) electrons. The number of sulfonamides is 1. The number of nitrogens with zero attached hydrogens (tertiary/aromatic N) is 1. The first-order valence-corrected chi connectivity index (χ1v) is 7.67. The molecule has 5 heteroatoms. The Labute approximate surface area is 110 Å². The molecular formula is C13H22N2O2S. The molecule has 1 aromatic carbocycles. The lowest BCUT2D eigenvalue weighted by Crippen LogP contribution is -2.52. The maximum atomic E-state index is 12.3. The average molecular weight is 270 g/mol. The lowest BCUT2D eigenvalue weighted by Gasteiger charge is -2.36. The highest BCUT2D eigenvalue weighted by molar-refractivity contribution is 7.88. The summed E-state index contributed by atoms with van der Waals surface area (Å²) in [5.41, 5.74) is 5.97. The molecule has 1 rings (SSSR count). The first-order valence-electron chi connectivity index (χ1n) is 6.06. The third kappa shape index (κ3) is 3.31. The second kappa shape index (κ2) is 5.82. The van der Waals surface area contributed by atoms with Crippen molar-refractivity contribution in [3.63, 3.8) is 0 Å². The molecule has 102 valence electrons. The molecular weight excluding hydrogens is 248 g/mol. The van der Waals surface area contributed by atoms with E-state index < -0.39 is 15.6 Å².